The second-order valence-electron chi connectivity index (χ2n) is 3.10. The van der Waals surface area contributed by atoms with Crippen LogP contribution < -0.4 is 0 Å². The predicted molar refractivity (Wildman–Crippen MR) is 56.1 cm³/mol. The number of para-hydroxylation sites is 1. The lowest BCUT2D eigenvalue weighted by atomic mass is 10.1. The number of rotatable bonds is 2. The highest BCUT2D eigenvalue weighted by Gasteiger charge is 2.01. The van der Waals surface area contributed by atoms with Crippen LogP contribution in [0.4, 0.5) is 0 Å². The second kappa shape index (κ2) is 3.50. The van der Waals surface area contributed by atoms with E-state index in [2.05, 4.69) is 17.8 Å². The summed E-state index contributed by atoms with van der Waals surface area (Å²) in [5, 5.41) is 10.4. The molecule has 0 saturated carbocycles. The van der Waals surface area contributed by atoms with Crippen LogP contribution in [-0.2, 0) is 6.42 Å². The number of fused-ring (bicyclic) bond motifs is 1. The van der Waals surface area contributed by atoms with Gasteiger partial charge in [0.15, 0.2) is 0 Å². The quantitative estimate of drug-likeness (QED) is 0.727. The molecule has 1 N–H and O–H groups in total. The van der Waals surface area contributed by atoms with Gasteiger partial charge in [0, 0.05) is 5.39 Å². The highest BCUT2D eigenvalue weighted by atomic mass is 16.3. The fraction of sp³-hybridized carbons (Fsp3) is 0.0833. The number of benzene rings is 1. The summed E-state index contributed by atoms with van der Waals surface area (Å²) in [6.45, 7) is 3.66. The highest BCUT2D eigenvalue weighted by Crippen LogP contribution is 2.22. The van der Waals surface area contributed by atoms with Gasteiger partial charge in [0.25, 0.3) is 0 Å². The van der Waals surface area contributed by atoms with Gasteiger partial charge in [-0.1, -0.05) is 18.2 Å². The third kappa shape index (κ3) is 1.46. The Kier molecular flexibility index (Phi) is 2.19. The fourth-order valence-electron chi connectivity index (χ4n) is 1.39. The van der Waals surface area contributed by atoms with Gasteiger partial charge in [0.2, 0.25) is 0 Å². The van der Waals surface area contributed by atoms with Gasteiger partial charge in [-0.15, -0.1) is 6.58 Å². The summed E-state index contributed by atoms with van der Waals surface area (Å²) in [5.41, 5.74) is 1.58. The zero-order valence-electron chi connectivity index (χ0n) is 7.70. The molecule has 2 rings (SSSR count). The van der Waals surface area contributed by atoms with E-state index >= 15 is 0 Å². The molecule has 1 heterocycles. The van der Waals surface area contributed by atoms with Crippen LogP contribution in [0.25, 0.3) is 10.9 Å². The number of phenolic OH excluding ortho intramolecular Hbond substituents is 1. The van der Waals surface area contributed by atoms with Crippen molar-refractivity contribution in [3.63, 3.8) is 0 Å². The molecule has 2 nitrogen and oxygen atoms in total. The second-order valence-corrected chi connectivity index (χ2v) is 3.10. The molecule has 14 heavy (non-hydrogen) atoms. The Morgan fingerprint density at radius 1 is 1.50 bits per heavy atom. The molecule has 0 fully saturated rings. The van der Waals surface area contributed by atoms with Crippen LogP contribution in [-0.4, -0.2) is 10.1 Å². The molecule has 2 aromatic rings. The first-order chi connectivity index (χ1) is 6.81. The number of aromatic hydroxyl groups is 1. The molecule has 0 aliphatic carbocycles. The van der Waals surface area contributed by atoms with Gasteiger partial charge in [0.1, 0.15) is 11.3 Å². The van der Waals surface area contributed by atoms with Gasteiger partial charge in [-0.3, -0.25) is 0 Å². The van der Waals surface area contributed by atoms with Crippen LogP contribution in [0.3, 0.4) is 0 Å². The topological polar surface area (TPSA) is 33.1 Å². The first-order valence-electron chi connectivity index (χ1n) is 4.41. The Morgan fingerprint density at radius 2 is 2.36 bits per heavy atom. The van der Waals surface area contributed by atoms with Crippen LogP contribution in [0.15, 0.2) is 36.9 Å². The van der Waals surface area contributed by atoms with Crippen molar-refractivity contribution in [2.45, 2.75) is 6.42 Å². The van der Waals surface area contributed by atoms with Crippen molar-refractivity contribution in [2.24, 2.45) is 0 Å². The predicted octanol–water partition coefficient (Wildman–Crippen LogP) is 2.47. The van der Waals surface area contributed by atoms with E-state index < -0.39 is 0 Å². The molecule has 0 spiro atoms. The molecule has 69 valence electrons. The van der Waals surface area contributed by atoms with Crippen LogP contribution in [0, 0.1) is 6.20 Å². The Balaban J connectivity index is 2.61. The molecule has 0 aliphatic rings. The molecule has 0 saturated heterocycles. The number of hydrogen-bond acceptors (Lipinski definition) is 2. The number of hydrogen-bond donors (Lipinski definition) is 1. The van der Waals surface area contributed by atoms with Crippen molar-refractivity contribution >= 4 is 10.9 Å². The van der Waals surface area contributed by atoms with Gasteiger partial charge < -0.3 is 5.11 Å². The first-order valence-corrected chi connectivity index (χ1v) is 4.41. The number of nitrogens with zero attached hydrogens (tertiary/aromatic N) is 1. The van der Waals surface area contributed by atoms with Crippen LogP contribution in [0.5, 0.6) is 5.75 Å². The molecule has 2 heteroatoms. The average molecular weight is 184 g/mol. The maximum absolute atomic E-state index is 9.49. The lowest BCUT2D eigenvalue weighted by Gasteiger charge is -2.01. The number of pyridine rings is 1. The third-order valence-corrected chi connectivity index (χ3v) is 2.05. The fourth-order valence-corrected chi connectivity index (χ4v) is 1.39. The summed E-state index contributed by atoms with van der Waals surface area (Å²) >= 11 is 0. The summed E-state index contributed by atoms with van der Waals surface area (Å²) in [5.74, 6) is 0.198. The zero-order valence-corrected chi connectivity index (χ0v) is 7.70. The minimum atomic E-state index is 0.198. The maximum Gasteiger partial charge on any atom is 0.141 e. The van der Waals surface area contributed by atoms with Gasteiger partial charge in [-0.05, 0) is 24.1 Å². The Hall–Kier alpha value is -1.83. The van der Waals surface area contributed by atoms with E-state index in [4.69, 9.17) is 0 Å². The smallest absolute Gasteiger partial charge is 0.141 e. The number of aromatic nitrogens is 1. The van der Waals surface area contributed by atoms with Crippen molar-refractivity contribution in [3.8, 4) is 5.75 Å². The average Bonchev–Trinajstić information content (AvgIpc) is 2.18. The minimum Gasteiger partial charge on any atom is -0.506 e. The molecule has 0 unspecified atom stereocenters. The molecule has 0 bridgehead atoms. The van der Waals surface area contributed by atoms with Crippen LogP contribution in [0.1, 0.15) is 5.56 Å². The Bertz CT molecular complexity index is 477. The Labute approximate surface area is 82.5 Å². The van der Waals surface area contributed by atoms with Crippen molar-refractivity contribution < 1.29 is 5.11 Å². The van der Waals surface area contributed by atoms with E-state index in [1.54, 1.807) is 12.1 Å². The van der Waals surface area contributed by atoms with Crippen molar-refractivity contribution in [1.29, 1.82) is 0 Å². The van der Waals surface area contributed by atoms with Crippen molar-refractivity contribution in [2.75, 3.05) is 0 Å². The van der Waals surface area contributed by atoms with Gasteiger partial charge in [-0.2, -0.15) is 0 Å². The summed E-state index contributed by atoms with van der Waals surface area (Å²) in [6, 6.07) is 7.31. The molecule has 0 amide bonds. The highest BCUT2D eigenvalue weighted by molar-refractivity contribution is 5.84. The molecular formula is C12H10NO. The number of allylic oxidation sites excluding steroid dienone is 1. The van der Waals surface area contributed by atoms with Crippen LogP contribution in [0.2, 0.25) is 0 Å². The third-order valence-electron chi connectivity index (χ3n) is 2.05. The van der Waals surface area contributed by atoms with Crippen LogP contribution >= 0.6 is 0 Å². The first kappa shape index (κ1) is 8.75. The maximum atomic E-state index is 9.49. The molecule has 1 radical (unpaired) electrons. The summed E-state index contributed by atoms with van der Waals surface area (Å²) < 4.78 is 0. The monoisotopic (exact) mass is 184 g/mol. The zero-order chi connectivity index (χ0) is 9.97. The number of phenols is 1. The molecule has 0 atom stereocenters. The van der Waals surface area contributed by atoms with Crippen molar-refractivity contribution in [1.82, 2.24) is 4.98 Å². The van der Waals surface area contributed by atoms with E-state index in [1.165, 1.54) is 0 Å². The van der Waals surface area contributed by atoms with E-state index in [1.807, 2.05) is 18.2 Å². The molecule has 1 aromatic carbocycles. The SMILES string of the molecule is C=CCc1[c]nc2c(O)cccc2c1. The molecule has 0 aliphatic heterocycles. The van der Waals surface area contributed by atoms with E-state index in [0.717, 1.165) is 17.4 Å². The summed E-state index contributed by atoms with van der Waals surface area (Å²) in [4.78, 5) is 4.08. The minimum absolute atomic E-state index is 0.198. The van der Waals surface area contributed by atoms with Gasteiger partial charge in [-0.25, -0.2) is 4.98 Å². The summed E-state index contributed by atoms with van der Waals surface area (Å²) in [7, 11) is 0. The standard InChI is InChI=1S/C12H10NO/c1-2-4-9-7-10-5-3-6-11(14)12(10)13-8-9/h2-3,5-7,14H,1,4H2. The lowest BCUT2D eigenvalue weighted by molar-refractivity contribution is 0.480. The molecule has 1 aromatic heterocycles. The molecular weight excluding hydrogens is 174 g/mol. The normalized spacial score (nSPS) is 10.3. The van der Waals surface area contributed by atoms with Gasteiger partial charge in [0.05, 0.1) is 6.20 Å². The van der Waals surface area contributed by atoms with Gasteiger partial charge >= 0.3 is 0 Å². The van der Waals surface area contributed by atoms with E-state index in [-0.39, 0.29) is 5.75 Å². The van der Waals surface area contributed by atoms with Crippen molar-refractivity contribution in [3.05, 3.63) is 48.7 Å². The largest absolute Gasteiger partial charge is 0.506 e. The van der Waals surface area contributed by atoms with E-state index in [0.29, 0.717) is 5.52 Å². The van der Waals surface area contributed by atoms with E-state index in [9.17, 15) is 5.11 Å². The lowest BCUT2D eigenvalue weighted by Crippen LogP contribution is -1.86. The Morgan fingerprint density at radius 3 is 3.14 bits per heavy atom. The summed E-state index contributed by atoms with van der Waals surface area (Å²) in [6.07, 6.45) is 5.43.